The van der Waals surface area contributed by atoms with Gasteiger partial charge in [0, 0.05) is 6.08 Å². The van der Waals surface area contributed by atoms with Crippen molar-refractivity contribution in [2.75, 3.05) is 7.11 Å². The Balaban J connectivity index is 1.91. The van der Waals surface area contributed by atoms with E-state index in [9.17, 15) is 4.79 Å². The Morgan fingerprint density at radius 2 is 2.05 bits per heavy atom. The number of nitrogens with one attached hydrogen (secondary N) is 1. The highest BCUT2D eigenvalue weighted by atomic mass is 16.5. The molecule has 104 valence electrons. The molecule has 1 N–H and O–H groups in total. The lowest BCUT2D eigenvalue weighted by atomic mass is 10.2. The van der Waals surface area contributed by atoms with Gasteiger partial charge in [0.15, 0.2) is 0 Å². The van der Waals surface area contributed by atoms with Crippen LogP contribution in [0.1, 0.15) is 24.3 Å². The number of carbonyl (C=O) groups excluding carboxylic acids is 1. The molecule has 1 amide bonds. The average Bonchev–Trinajstić information content (AvgIpc) is 3.00. The van der Waals surface area contributed by atoms with Crippen LogP contribution in [0.5, 0.6) is 5.75 Å². The molecule has 0 fully saturated rings. The lowest BCUT2D eigenvalue weighted by molar-refractivity contribution is -0.117. The third-order valence-corrected chi connectivity index (χ3v) is 2.87. The summed E-state index contributed by atoms with van der Waals surface area (Å²) < 4.78 is 10.3. The Morgan fingerprint density at radius 3 is 2.65 bits per heavy atom. The van der Waals surface area contributed by atoms with Crippen LogP contribution in [-0.2, 0) is 4.79 Å². The van der Waals surface area contributed by atoms with Crippen molar-refractivity contribution in [1.29, 1.82) is 0 Å². The Kier molecular flexibility index (Phi) is 4.60. The maximum Gasteiger partial charge on any atom is 0.244 e. The van der Waals surface area contributed by atoms with Gasteiger partial charge in [-0.25, -0.2) is 0 Å². The summed E-state index contributed by atoms with van der Waals surface area (Å²) in [6, 6.07) is 10.9. The molecule has 0 bridgehead atoms. The van der Waals surface area contributed by atoms with E-state index in [-0.39, 0.29) is 11.9 Å². The zero-order valence-electron chi connectivity index (χ0n) is 11.5. The van der Waals surface area contributed by atoms with Gasteiger partial charge in [-0.15, -0.1) is 0 Å². The van der Waals surface area contributed by atoms with Gasteiger partial charge in [-0.3, -0.25) is 4.79 Å². The van der Waals surface area contributed by atoms with Crippen LogP contribution in [0, 0.1) is 0 Å². The Labute approximate surface area is 118 Å². The first-order valence-electron chi connectivity index (χ1n) is 6.35. The molecule has 0 unspecified atom stereocenters. The molecule has 2 rings (SSSR count). The molecule has 1 heterocycles. The molecule has 0 aliphatic heterocycles. The zero-order valence-corrected chi connectivity index (χ0v) is 11.5. The van der Waals surface area contributed by atoms with Crippen LogP contribution in [0.4, 0.5) is 0 Å². The summed E-state index contributed by atoms with van der Waals surface area (Å²) in [6.45, 7) is 1.87. The lowest BCUT2D eigenvalue weighted by Gasteiger charge is -2.08. The van der Waals surface area contributed by atoms with E-state index in [1.165, 1.54) is 6.08 Å². The third-order valence-electron chi connectivity index (χ3n) is 2.87. The van der Waals surface area contributed by atoms with Crippen LogP contribution in [0.25, 0.3) is 6.08 Å². The third kappa shape index (κ3) is 3.75. The van der Waals surface area contributed by atoms with Crippen LogP contribution < -0.4 is 10.1 Å². The molecule has 0 aliphatic carbocycles. The number of rotatable bonds is 5. The topological polar surface area (TPSA) is 51.5 Å². The van der Waals surface area contributed by atoms with Crippen molar-refractivity contribution < 1.29 is 13.9 Å². The van der Waals surface area contributed by atoms with Crippen LogP contribution in [-0.4, -0.2) is 13.0 Å². The van der Waals surface area contributed by atoms with Crippen LogP contribution in [0.15, 0.2) is 53.2 Å². The molecule has 2 aromatic rings. The van der Waals surface area contributed by atoms with Gasteiger partial charge >= 0.3 is 0 Å². The van der Waals surface area contributed by atoms with E-state index in [1.807, 2.05) is 37.3 Å². The summed E-state index contributed by atoms with van der Waals surface area (Å²) in [4.78, 5) is 11.8. The number of methoxy groups -OCH3 is 1. The summed E-state index contributed by atoms with van der Waals surface area (Å²) in [5.41, 5.74) is 0.937. The second-order valence-electron chi connectivity index (χ2n) is 4.35. The molecule has 0 saturated carbocycles. The van der Waals surface area contributed by atoms with Gasteiger partial charge in [0.1, 0.15) is 11.5 Å². The van der Waals surface area contributed by atoms with Crippen molar-refractivity contribution in [3.63, 3.8) is 0 Å². The summed E-state index contributed by atoms with van der Waals surface area (Å²) in [5.74, 6) is 1.36. The highest BCUT2D eigenvalue weighted by Gasteiger charge is 2.09. The number of hydrogen-bond donors (Lipinski definition) is 1. The summed E-state index contributed by atoms with van der Waals surface area (Å²) in [7, 11) is 1.62. The van der Waals surface area contributed by atoms with Crippen molar-refractivity contribution in [3.05, 3.63) is 60.1 Å². The highest BCUT2D eigenvalue weighted by molar-refractivity contribution is 5.91. The standard InChI is InChI=1S/C16H17NO3/c1-12(15-4-3-11-20-15)17-16(18)10-7-13-5-8-14(19-2)9-6-13/h3-12H,1-2H3,(H,17,18)/b10-7+/t12-/m1/s1. The SMILES string of the molecule is COc1ccc(/C=C/C(=O)N[C@H](C)c2ccco2)cc1. The Bertz CT molecular complexity index is 570. The number of benzene rings is 1. The molecule has 0 aliphatic rings. The number of hydrogen-bond acceptors (Lipinski definition) is 3. The zero-order chi connectivity index (χ0) is 14.4. The molecule has 20 heavy (non-hydrogen) atoms. The highest BCUT2D eigenvalue weighted by Crippen LogP contribution is 2.13. The number of furan rings is 1. The smallest absolute Gasteiger partial charge is 0.244 e. The predicted octanol–water partition coefficient (Wildman–Crippen LogP) is 3.18. The van der Waals surface area contributed by atoms with Gasteiger partial charge in [-0.2, -0.15) is 0 Å². The minimum absolute atomic E-state index is 0.155. The molecule has 1 atom stereocenters. The fraction of sp³-hybridized carbons (Fsp3) is 0.188. The second kappa shape index (κ2) is 6.61. The summed E-state index contributed by atoms with van der Waals surface area (Å²) >= 11 is 0. The van der Waals surface area contributed by atoms with E-state index in [0.29, 0.717) is 0 Å². The maximum atomic E-state index is 11.8. The van der Waals surface area contributed by atoms with Gasteiger partial charge in [0.2, 0.25) is 5.91 Å². The molecule has 1 aromatic carbocycles. The minimum Gasteiger partial charge on any atom is -0.497 e. The Hall–Kier alpha value is -2.49. The van der Waals surface area contributed by atoms with Crippen LogP contribution in [0.3, 0.4) is 0 Å². The van der Waals surface area contributed by atoms with Gasteiger partial charge in [-0.1, -0.05) is 12.1 Å². The van der Waals surface area contributed by atoms with Crippen LogP contribution >= 0.6 is 0 Å². The molecule has 4 heteroatoms. The van der Waals surface area contributed by atoms with Crippen LogP contribution in [0.2, 0.25) is 0 Å². The maximum absolute atomic E-state index is 11.8. The van der Waals surface area contributed by atoms with E-state index in [0.717, 1.165) is 17.1 Å². The normalized spacial score (nSPS) is 12.3. The van der Waals surface area contributed by atoms with E-state index in [4.69, 9.17) is 9.15 Å². The minimum atomic E-state index is -0.162. The number of carbonyl (C=O) groups is 1. The predicted molar refractivity (Wildman–Crippen MR) is 77.3 cm³/mol. The first-order valence-corrected chi connectivity index (χ1v) is 6.35. The summed E-state index contributed by atoms with van der Waals surface area (Å²) in [5, 5.41) is 2.83. The van der Waals surface area contributed by atoms with E-state index < -0.39 is 0 Å². The van der Waals surface area contributed by atoms with E-state index in [1.54, 1.807) is 25.5 Å². The monoisotopic (exact) mass is 271 g/mol. The van der Waals surface area contributed by atoms with Crippen molar-refractivity contribution in [1.82, 2.24) is 5.32 Å². The van der Waals surface area contributed by atoms with Gasteiger partial charge < -0.3 is 14.5 Å². The fourth-order valence-electron chi connectivity index (χ4n) is 1.76. The first kappa shape index (κ1) is 13.9. The van der Waals surface area contributed by atoms with Crippen molar-refractivity contribution in [2.45, 2.75) is 13.0 Å². The molecular formula is C16H17NO3. The first-order chi connectivity index (χ1) is 9.69. The molecule has 1 aromatic heterocycles. The number of amides is 1. The van der Waals surface area contributed by atoms with Crippen molar-refractivity contribution >= 4 is 12.0 Å². The summed E-state index contributed by atoms with van der Waals surface area (Å²) in [6.07, 6.45) is 4.84. The molecule has 0 radical (unpaired) electrons. The molecule has 4 nitrogen and oxygen atoms in total. The van der Waals surface area contributed by atoms with E-state index >= 15 is 0 Å². The van der Waals surface area contributed by atoms with Gasteiger partial charge in [0.05, 0.1) is 19.4 Å². The van der Waals surface area contributed by atoms with Crippen molar-refractivity contribution in [3.8, 4) is 5.75 Å². The molecular weight excluding hydrogens is 254 g/mol. The van der Waals surface area contributed by atoms with Crippen molar-refractivity contribution in [2.24, 2.45) is 0 Å². The Morgan fingerprint density at radius 1 is 1.30 bits per heavy atom. The molecule has 0 spiro atoms. The fourth-order valence-corrected chi connectivity index (χ4v) is 1.76. The largest absolute Gasteiger partial charge is 0.497 e. The average molecular weight is 271 g/mol. The number of ether oxygens (including phenoxy) is 1. The molecule has 0 saturated heterocycles. The lowest BCUT2D eigenvalue weighted by Crippen LogP contribution is -2.24. The van der Waals surface area contributed by atoms with Gasteiger partial charge in [0.25, 0.3) is 0 Å². The second-order valence-corrected chi connectivity index (χ2v) is 4.35. The van der Waals surface area contributed by atoms with E-state index in [2.05, 4.69) is 5.32 Å². The quantitative estimate of drug-likeness (QED) is 0.850. The van der Waals surface area contributed by atoms with Gasteiger partial charge in [-0.05, 0) is 42.8 Å².